The molecule has 0 aliphatic heterocycles. The highest BCUT2D eigenvalue weighted by molar-refractivity contribution is 5.20. The van der Waals surface area contributed by atoms with Crippen molar-refractivity contribution in [1.29, 1.82) is 0 Å². The summed E-state index contributed by atoms with van der Waals surface area (Å²) in [6.07, 6.45) is 0.345. The van der Waals surface area contributed by atoms with E-state index in [9.17, 15) is 9.50 Å². The zero-order valence-corrected chi connectivity index (χ0v) is 13.7. The molecule has 21 heavy (non-hydrogen) atoms. The molecule has 4 heteroatoms. The van der Waals surface area contributed by atoms with E-state index in [1.54, 1.807) is 18.2 Å². The van der Waals surface area contributed by atoms with Crippen molar-refractivity contribution in [3.05, 3.63) is 35.6 Å². The maximum absolute atomic E-state index is 13.7. The minimum absolute atomic E-state index is 0.00112. The van der Waals surface area contributed by atoms with E-state index >= 15 is 0 Å². The van der Waals surface area contributed by atoms with E-state index in [1.807, 2.05) is 6.92 Å². The molecule has 3 nitrogen and oxygen atoms in total. The fraction of sp³-hybridized carbons (Fsp3) is 0.647. The van der Waals surface area contributed by atoms with Gasteiger partial charge in [-0.15, -0.1) is 0 Å². The van der Waals surface area contributed by atoms with Crippen LogP contribution in [0, 0.1) is 11.7 Å². The fourth-order valence-corrected chi connectivity index (χ4v) is 2.52. The van der Waals surface area contributed by atoms with Gasteiger partial charge in [0.1, 0.15) is 5.82 Å². The predicted molar refractivity (Wildman–Crippen MR) is 85.8 cm³/mol. The molecular weight excluding hydrogens is 267 g/mol. The predicted octanol–water partition coefficient (Wildman–Crippen LogP) is 2.77. The molecular formula is C17H29FN2O. The van der Waals surface area contributed by atoms with Crippen LogP contribution in [0.5, 0.6) is 0 Å². The average molecular weight is 296 g/mol. The Morgan fingerprint density at radius 2 is 1.86 bits per heavy atom. The van der Waals surface area contributed by atoms with Gasteiger partial charge in [0.15, 0.2) is 0 Å². The second-order valence-corrected chi connectivity index (χ2v) is 5.99. The van der Waals surface area contributed by atoms with E-state index in [0.717, 1.165) is 32.6 Å². The zero-order chi connectivity index (χ0) is 15.8. The minimum atomic E-state index is -0.755. The second kappa shape index (κ2) is 9.13. The first-order chi connectivity index (χ1) is 9.95. The topological polar surface area (TPSA) is 26.7 Å². The van der Waals surface area contributed by atoms with Crippen molar-refractivity contribution in [3.63, 3.8) is 0 Å². The molecule has 0 saturated heterocycles. The molecule has 1 rings (SSSR count). The number of aliphatic hydroxyl groups excluding tert-OH is 1. The molecule has 0 saturated carbocycles. The summed E-state index contributed by atoms with van der Waals surface area (Å²) < 4.78 is 13.7. The molecule has 1 N–H and O–H groups in total. The van der Waals surface area contributed by atoms with Crippen molar-refractivity contribution >= 4 is 0 Å². The molecule has 1 aromatic rings. The molecule has 0 heterocycles. The smallest absolute Gasteiger partial charge is 0.129 e. The number of aliphatic hydroxyl groups is 1. The lowest BCUT2D eigenvalue weighted by atomic mass is 9.96. The summed E-state index contributed by atoms with van der Waals surface area (Å²) in [5.41, 5.74) is 0.398. The SMILES string of the molecule is CCN(CCCN(C)C)CC(C)C(O)c1ccccc1F. The van der Waals surface area contributed by atoms with Crippen LogP contribution in [0.3, 0.4) is 0 Å². The van der Waals surface area contributed by atoms with Gasteiger partial charge < -0.3 is 14.9 Å². The van der Waals surface area contributed by atoms with Gasteiger partial charge in [-0.1, -0.05) is 32.0 Å². The third-order valence-corrected chi connectivity index (χ3v) is 3.84. The molecule has 0 bridgehead atoms. The van der Waals surface area contributed by atoms with Gasteiger partial charge in [0.2, 0.25) is 0 Å². The zero-order valence-electron chi connectivity index (χ0n) is 13.7. The standard InChI is InChI=1S/C17H29FN2O/c1-5-20(12-8-11-19(3)4)13-14(2)17(21)15-9-6-7-10-16(15)18/h6-7,9-10,14,17,21H,5,8,11-13H2,1-4H3. The van der Waals surface area contributed by atoms with Gasteiger partial charge in [-0.2, -0.15) is 0 Å². The van der Waals surface area contributed by atoms with Crippen molar-refractivity contribution in [2.75, 3.05) is 40.3 Å². The van der Waals surface area contributed by atoms with Gasteiger partial charge in [-0.3, -0.25) is 0 Å². The summed E-state index contributed by atoms with van der Waals surface area (Å²) in [4.78, 5) is 4.49. The van der Waals surface area contributed by atoms with Gasteiger partial charge in [-0.05, 0) is 52.1 Å². The number of halogens is 1. The first kappa shape index (κ1) is 18.1. The van der Waals surface area contributed by atoms with Crippen LogP contribution < -0.4 is 0 Å². The first-order valence-corrected chi connectivity index (χ1v) is 7.75. The van der Waals surface area contributed by atoms with Crippen molar-refractivity contribution in [2.45, 2.75) is 26.4 Å². The van der Waals surface area contributed by atoms with Crippen molar-refractivity contribution < 1.29 is 9.50 Å². The quantitative estimate of drug-likeness (QED) is 0.759. The molecule has 2 atom stereocenters. The summed E-state index contributed by atoms with van der Waals surface area (Å²) >= 11 is 0. The average Bonchev–Trinajstić information content (AvgIpc) is 2.45. The molecule has 120 valence electrons. The van der Waals surface area contributed by atoms with Crippen LogP contribution in [0.2, 0.25) is 0 Å². The monoisotopic (exact) mass is 296 g/mol. The number of nitrogens with zero attached hydrogens (tertiary/aromatic N) is 2. The highest BCUT2D eigenvalue weighted by Crippen LogP contribution is 2.24. The molecule has 1 aromatic carbocycles. The van der Waals surface area contributed by atoms with Gasteiger partial charge in [-0.25, -0.2) is 4.39 Å². The van der Waals surface area contributed by atoms with Crippen LogP contribution in [0.1, 0.15) is 31.9 Å². The molecule has 2 unspecified atom stereocenters. The first-order valence-electron chi connectivity index (χ1n) is 7.75. The van der Waals surface area contributed by atoms with E-state index in [0.29, 0.717) is 5.56 Å². The van der Waals surface area contributed by atoms with Crippen molar-refractivity contribution in [3.8, 4) is 0 Å². The Bertz CT molecular complexity index is 412. The summed E-state index contributed by atoms with van der Waals surface area (Å²) in [6.45, 7) is 7.88. The van der Waals surface area contributed by atoms with Gasteiger partial charge in [0.25, 0.3) is 0 Å². The Morgan fingerprint density at radius 1 is 1.19 bits per heavy atom. The summed E-state index contributed by atoms with van der Waals surface area (Å²) in [5.74, 6) is -0.325. The maximum Gasteiger partial charge on any atom is 0.129 e. The molecule has 0 amide bonds. The minimum Gasteiger partial charge on any atom is -0.388 e. The lowest BCUT2D eigenvalue weighted by Crippen LogP contribution is -2.33. The van der Waals surface area contributed by atoms with Gasteiger partial charge >= 0.3 is 0 Å². The maximum atomic E-state index is 13.7. The number of benzene rings is 1. The fourth-order valence-electron chi connectivity index (χ4n) is 2.52. The van der Waals surface area contributed by atoms with Gasteiger partial charge in [0.05, 0.1) is 6.10 Å². The molecule has 0 aliphatic rings. The van der Waals surface area contributed by atoms with Crippen LogP contribution >= 0.6 is 0 Å². The molecule has 0 aliphatic carbocycles. The molecule has 0 fully saturated rings. The summed E-state index contributed by atoms with van der Waals surface area (Å²) in [6, 6.07) is 6.48. The third-order valence-electron chi connectivity index (χ3n) is 3.84. The van der Waals surface area contributed by atoms with Crippen LogP contribution in [-0.4, -0.2) is 55.2 Å². The highest BCUT2D eigenvalue weighted by atomic mass is 19.1. The van der Waals surface area contributed by atoms with Crippen molar-refractivity contribution in [1.82, 2.24) is 9.80 Å². The Labute approximate surface area is 128 Å². The Hall–Kier alpha value is -0.970. The number of hydrogen-bond donors (Lipinski definition) is 1. The van der Waals surface area contributed by atoms with Crippen molar-refractivity contribution in [2.24, 2.45) is 5.92 Å². The summed E-state index contributed by atoms with van der Waals surface area (Å²) in [5, 5.41) is 10.4. The third kappa shape index (κ3) is 6.12. The number of rotatable bonds is 9. The molecule has 0 aromatic heterocycles. The van der Waals surface area contributed by atoms with Gasteiger partial charge in [0, 0.05) is 12.1 Å². The second-order valence-electron chi connectivity index (χ2n) is 5.99. The van der Waals surface area contributed by atoms with Crippen LogP contribution in [0.4, 0.5) is 4.39 Å². The number of hydrogen-bond acceptors (Lipinski definition) is 3. The lowest BCUT2D eigenvalue weighted by molar-refractivity contribution is 0.0856. The van der Waals surface area contributed by atoms with E-state index in [-0.39, 0.29) is 11.7 Å². The van der Waals surface area contributed by atoms with E-state index in [2.05, 4.69) is 30.8 Å². The largest absolute Gasteiger partial charge is 0.388 e. The summed E-state index contributed by atoms with van der Waals surface area (Å²) in [7, 11) is 4.14. The highest BCUT2D eigenvalue weighted by Gasteiger charge is 2.21. The van der Waals surface area contributed by atoms with Crippen LogP contribution in [0.15, 0.2) is 24.3 Å². The van der Waals surface area contributed by atoms with E-state index in [4.69, 9.17) is 0 Å². The lowest BCUT2D eigenvalue weighted by Gasteiger charge is -2.28. The van der Waals surface area contributed by atoms with Crippen LogP contribution in [-0.2, 0) is 0 Å². The normalized spacial score (nSPS) is 14.7. The Balaban J connectivity index is 2.53. The molecule has 0 spiro atoms. The van der Waals surface area contributed by atoms with E-state index < -0.39 is 6.10 Å². The Kier molecular flexibility index (Phi) is 7.86. The van der Waals surface area contributed by atoms with Crippen LogP contribution in [0.25, 0.3) is 0 Å². The Morgan fingerprint density at radius 3 is 2.43 bits per heavy atom. The molecule has 0 radical (unpaired) electrons. The van der Waals surface area contributed by atoms with E-state index in [1.165, 1.54) is 6.07 Å².